The summed E-state index contributed by atoms with van der Waals surface area (Å²) in [6.45, 7) is 5.92. The van der Waals surface area contributed by atoms with Gasteiger partial charge >= 0.3 is 6.03 Å². The van der Waals surface area contributed by atoms with Crippen LogP contribution in [0.25, 0.3) is 6.08 Å². The van der Waals surface area contributed by atoms with Crippen LogP contribution in [0.3, 0.4) is 0 Å². The number of rotatable bonds is 6. The smallest absolute Gasteiger partial charge is 0.336 e. The van der Waals surface area contributed by atoms with E-state index < -0.39 is 17.8 Å². The number of carbonyl (C=O) groups excluding carboxylic acids is 3. The van der Waals surface area contributed by atoms with Gasteiger partial charge in [-0.25, -0.2) is 9.69 Å². The second kappa shape index (κ2) is 8.60. The fourth-order valence-electron chi connectivity index (χ4n) is 3.23. The van der Waals surface area contributed by atoms with Crippen LogP contribution in [-0.2, 0) is 9.59 Å². The van der Waals surface area contributed by atoms with E-state index in [0.717, 1.165) is 23.7 Å². The van der Waals surface area contributed by atoms with Crippen LogP contribution in [0.1, 0.15) is 19.4 Å². The summed E-state index contributed by atoms with van der Waals surface area (Å²) in [4.78, 5) is 40.8. The first-order valence-electron chi connectivity index (χ1n) is 9.39. The zero-order valence-corrected chi connectivity index (χ0v) is 16.6. The number of amides is 4. The molecule has 3 rings (SSSR count). The molecule has 4 amide bonds. The van der Waals surface area contributed by atoms with E-state index in [0.29, 0.717) is 11.3 Å². The third kappa shape index (κ3) is 3.99. The van der Waals surface area contributed by atoms with Gasteiger partial charge in [0.2, 0.25) is 0 Å². The van der Waals surface area contributed by atoms with Gasteiger partial charge in [0.25, 0.3) is 11.8 Å². The molecule has 0 aliphatic carbocycles. The number of benzene rings is 2. The van der Waals surface area contributed by atoms with E-state index in [1.807, 2.05) is 24.3 Å². The minimum absolute atomic E-state index is 0.119. The van der Waals surface area contributed by atoms with Crippen LogP contribution >= 0.6 is 0 Å². The zero-order chi connectivity index (χ0) is 21.0. The van der Waals surface area contributed by atoms with Crippen molar-refractivity contribution in [2.75, 3.05) is 30.0 Å². The molecular formula is C22H23N3O4. The number of hydrogen-bond acceptors (Lipinski definition) is 5. The highest BCUT2D eigenvalue weighted by atomic mass is 16.5. The van der Waals surface area contributed by atoms with Crippen molar-refractivity contribution in [1.82, 2.24) is 5.32 Å². The third-order valence-corrected chi connectivity index (χ3v) is 4.76. The summed E-state index contributed by atoms with van der Waals surface area (Å²) < 4.78 is 5.25. The SMILES string of the molecule is CCN(CC)c1ccc(C=C2C(=O)NC(=O)N(c3ccccc3OC)C2=O)cc1. The fourth-order valence-corrected chi connectivity index (χ4v) is 3.23. The van der Waals surface area contributed by atoms with E-state index in [2.05, 4.69) is 24.1 Å². The van der Waals surface area contributed by atoms with Crippen molar-refractivity contribution in [2.24, 2.45) is 0 Å². The van der Waals surface area contributed by atoms with E-state index in [4.69, 9.17) is 4.74 Å². The molecule has 2 aromatic carbocycles. The number of para-hydroxylation sites is 2. The van der Waals surface area contributed by atoms with Gasteiger partial charge in [-0.3, -0.25) is 14.9 Å². The fraction of sp³-hybridized carbons (Fsp3) is 0.227. The molecule has 0 spiro atoms. The van der Waals surface area contributed by atoms with Gasteiger partial charge in [0, 0.05) is 18.8 Å². The highest BCUT2D eigenvalue weighted by Crippen LogP contribution is 2.30. The molecule has 0 aromatic heterocycles. The summed E-state index contributed by atoms with van der Waals surface area (Å²) in [7, 11) is 1.45. The molecule has 29 heavy (non-hydrogen) atoms. The van der Waals surface area contributed by atoms with Crippen molar-refractivity contribution in [2.45, 2.75) is 13.8 Å². The van der Waals surface area contributed by atoms with Gasteiger partial charge in [-0.2, -0.15) is 0 Å². The molecule has 1 aliphatic rings. The lowest BCUT2D eigenvalue weighted by Gasteiger charge is -2.27. The Kier molecular flexibility index (Phi) is 5.97. The molecule has 1 fully saturated rings. The molecule has 1 saturated heterocycles. The maximum atomic E-state index is 13.0. The Bertz CT molecular complexity index is 962. The number of barbiturate groups is 1. The van der Waals surface area contributed by atoms with Crippen LogP contribution in [0, 0.1) is 0 Å². The number of nitrogens with one attached hydrogen (secondary N) is 1. The highest BCUT2D eigenvalue weighted by Gasteiger charge is 2.38. The molecule has 7 nitrogen and oxygen atoms in total. The van der Waals surface area contributed by atoms with Crippen molar-refractivity contribution in [1.29, 1.82) is 0 Å². The van der Waals surface area contributed by atoms with Gasteiger partial charge in [-0.1, -0.05) is 24.3 Å². The Morgan fingerprint density at radius 3 is 2.28 bits per heavy atom. The van der Waals surface area contributed by atoms with Gasteiger partial charge in [0.15, 0.2) is 0 Å². The van der Waals surface area contributed by atoms with E-state index in [1.54, 1.807) is 24.3 Å². The average Bonchev–Trinajstić information content (AvgIpc) is 2.73. The number of imide groups is 2. The number of nitrogens with zero attached hydrogens (tertiary/aromatic N) is 2. The molecule has 1 aliphatic heterocycles. The second-order valence-electron chi connectivity index (χ2n) is 6.39. The maximum Gasteiger partial charge on any atom is 0.336 e. The second-order valence-corrected chi connectivity index (χ2v) is 6.39. The molecule has 0 saturated carbocycles. The number of ether oxygens (including phenoxy) is 1. The number of carbonyl (C=O) groups is 3. The number of hydrogen-bond donors (Lipinski definition) is 1. The summed E-state index contributed by atoms with van der Waals surface area (Å²) in [5, 5.41) is 2.22. The van der Waals surface area contributed by atoms with Gasteiger partial charge < -0.3 is 9.64 Å². The summed E-state index contributed by atoms with van der Waals surface area (Å²) in [6, 6.07) is 13.4. The predicted octanol–water partition coefficient (Wildman–Crippen LogP) is 3.21. The van der Waals surface area contributed by atoms with E-state index in [1.165, 1.54) is 13.2 Å². The number of methoxy groups -OCH3 is 1. The van der Waals surface area contributed by atoms with Crippen molar-refractivity contribution in [3.8, 4) is 5.75 Å². The van der Waals surface area contributed by atoms with Gasteiger partial charge in [-0.05, 0) is 49.8 Å². The van der Waals surface area contributed by atoms with Crippen LogP contribution in [-0.4, -0.2) is 38.0 Å². The molecule has 0 radical (unpaired) electrons. The summed E-state index contributed by atoms with van der Waals surface area (Å²) >= 11 is 0. The summed E-state index contributed by atoms with van der Waals surface area (Å²) in [6.07, 6.45) is 1.48. The van der Waals surface area contributed by atoms with Crippen LogP contribution in [0.5, 0.6) is 5.75 Å². The standard InChI is InChI=1S/C22H23N3O4/c1-4-24(5-2)16-12-10-15(11-13-16)14-17-20(26)23-22(28)25(21(17)27)18-8-6-7-9-19(18)29-3/h6-14H,4-5H2,1-3H3,(H,23,26,28). The first-order chi connectivity index (χ1) is 14.0. The van der Waals surface area contributed by atoms with Crippen molar-refractivity contribution in [3.05, 3.63) is 59.7 Å². The monoisotopic (exact) mass is 393 g/mol. The van der Waals surface area contributed by atoms with Gasteiger partial charge in [-0.15, -0.1) is 0 Å². The third-order valence-electron chi connectivity index (χ3n) is 4.76. The topological polar surface area (TPSA) is 79.0 Å². The molecule has 0 unspecified atom stereocenters. The molecule has 0 bridgehead atoms. The first kappa shape index (κ1) is 20.1. The van der Waals surface area contributed by atoms with Crippen molar-refractivity contribution < 1.29 is 19.1 Å². The minimum atomic E-state index is -0.807. The molecule has 1 N–H and O–H groups in total. The first-order valence-corrected chi connectivity index (χ1v) is 9.39. The van der Waals surface area contributed by atoms with Crippen LogP contribution in [0.15, 0.2) is 54.1 Å². The van der Waals surface area contributed by atoms with E-state index in [9.17, 15) is 14.4 Å². The van der Waals surface area contributed by atoms with Gasteiger partial charge in [0.05, 0.1) is 12.8 Å². The molecule has 7 heteroatoms. The Labute approximate surface area is 169 Å². The lowest BCUT2D eigenvalue weighted by atomic mass is 10.1. The van der Waals surface area contributed by atoms with Crippen molar-refractivity contribution in [3.63, 3.8) is 0 Å². The predicted molar refractivity (Wildman–Crippen MR) is 112 cm³/mol. The van der Waals surface area contributed by atoms with Crippen molar-refractivity contribution >= 4 is 35.3 Å². The molecule has 1 heterocycles. The molecular weight excluding hydrogens is 370 g/mol. The Morgan fingerprint density at radius 2 is 1.66 bits per heavy atom. The minimum Gasteiger partial charge on any atom is -0.495 e. The summed E-state index contributed by atoms with van der Waals surface area (Å²) in [5.74, 6) is -1.07. The average molecular weight is 393 g/mol. The zero-order valence-electron chi connectivity index (χ0n) is 16.6. The van der Waals surface area contributed by atoms with Crippen LogP contribution < -0.4 is 19.9 Å². The quantitative estimate of drug-likeness (QED) is 0.602. The Hall–Kier alpha value is -3.61. The molecule has 0 atom stereocenters. The largest absolute Gasteiger partial charge is 0.495 e. The maximum absolute atomic E-state index is 13.0. The van der Waals surface area contributed by atoms with Gasteiger partial charge in [0.1, 0.15) is 11.3 Å². The number of urea groups is 1. The van der Waals surface area contributed by atoms with E-state index in [-0.39, 0.29) is 11.3 Å². The molecule has 2 aromatic rings. The lowest BCUT2D eigenvalue weighted by Crippen LogP contribution is -2.54. The summed E-state index contributed by atoms with van der Waals surface area (Å²) in [5.41, 5.74) is 1.90. The Balaban J connectivity index is 1.95. The molecule has 150 valence electrons. The Morgan fingerprint density at radius 1 is 1.00 bits per heavy atom. The normalized spacial score (nSPS) is 15.5. The van der Waals surface area contributed by atoms with Crippen LogP contribution in [0.2, 0.25) is 0 Å². The van der Waals surface area contributed by atoms with E-state index >= 15 is 0 Å². The number of anilines is 2. The lowest BCUT2D eigenvalue weighted by molar-refractivity contribution is -0.122. The highest BCUT2D eigenvalue weighted by molar-refractivity contribution is 6.39. The van der Waals surface area contributed by atoms with Crippen LogP contribution in [0.4, 0.5) is 16.2 Å².